The minimum atomic E-state index is 1.31. The second-order valence-electron chi connectivity index (χ2n) is 3.09. The van der Waals surface area contributed by atoms with Crippen molar-refractivity contribution in [2.24, 2.45) is 7.05 Å². The van der Waals surface area contributed by atoms with Crippen LogP contribution in [0.5, 0.6) is 0 Å². The quantitative estimate of drug-likeness (QED) is 0.649. The normalized spacial score (nSPS) is 10.9. The summed E-state index contributed by atoms with van der Waals surface area (Å²) in [6, 6.07) is 6.61. The van der Waals surface area contributed by atoms with Gasteiger partial charge in [0.25, 0.3) is 0 Å². The number of hydrogen-bond donors (Lipinski definition) is 0. The van der Waals surface area contributed by atoms with Crippen molar-refractivity contribution in [3.8, 4) is 0 Å². The van der Waals surface area contributed by atoms with Crippen molar-refractivity contribution in [3.05, 3.63) is 33.5 Å². The van der Waals surface area contributed by atoms with Crippen LogP contribution < -0.4 is 0 Å². The summed E-state index contributed by atoms with van der Waals surface area (Å²) in [6.45, 7) is 2.15. The van der Waals surface area contributed by atoms with E-state index in [0.29, 0.717) is 0 Å². The maximum atomic E-state index is 2.37. The Morgan fingerprint density at radius 1 is 1.33 bits per heavy atom. The van der Waals surface area contributed by atoms with E-state index in [2.05, 4.69) is 65.5 Å². The van der Waals surface area contributed by atoms with E-state index < -0.39 is 0 Å². The Morgan fingerprint density at radius 3 is 2.83 bits per heavy atom. The molecule has 0 aliphatic heterocycles. The number of nitrogens with zero attached hydrogens (tertiary/aromatic N) is 1. The van der Waals surface area contributed by atoms with Crippen molar-refractivity contribution < 1.29 is 0 Å². The van der Waals surface area contributed by atoms with Crippen molar-refractivity contribution in [2.75, 3.05) is 0 Å². The van der Waals surface area contributed by atoms with E-state index in [1.807, 2.05) is 0 Å². The molecule has 1 aromatic heterocycles. The van der Waals surface area contributed by atoms with Gasteiger partial charge in [-0.05, 0) is 58.7 Å². The molecule has 0 spiro atoms. The molecule has 1 heterocycles. The molecule has 0 bridgehead atoms. The summed E-state index contributed by atoms with van der Waals surface area (Å²) in [7, 11) is 2.08. The number of aryl methyl sites for hydroxylation is 2. The van der Waals surface area contributed by atoms with E-state index in [4.69, 9.17) is 0 Å². The lowest BCUT2D eigenvalue weighted by Gasteiger charge is -2.00. The van der Waals surface area contributed by atoms with Crippen LogP contribution >= 0.6 is 22.6 Å². The highest BCUT2D eigenvalue weighted by Gasteiger charge is 2.00. The second-order valence-corrected chi connectivity index (χ2v) is 4.25. The molecule has 0 fully saturated rings. The Morgan fingerprint density at radius 2 is 2.08 bits per heavy atom. The van der Waals surface area contributed by atoms with Crippen LogP contribution in [-0.2, 0) is 7.05 Å². The molecule has 0 saturated heterocycles. The zero-order chi connectivity index (χ0) is 8.72. The van der Waals surface area contributed by atoms with E-state index >= 15 is 0 Å². The Balaban J connectivity index is 2.87. The monoisotopic (exact) mass is 271 g/mol. The van der Waals surface area contributed by atoms with Gasteiger partial charge in [-0.1, -0.05) is 0 Å². The molecule has 1 nitrogen and oxygen atoms in total. The Kier molecular flexibility index (Phi) is 1.87. The third kappa shape index (κ3) is 1.14. The number of halogens is 1. The number of benzene rings is 1. The van der Waals surface area contributed by atoms with Crippen molar-refractivity contribution >= 4 is 33.5 Å². The first-order valence-corrected chi connectivity index (χ1v) is 4.97. The molecule has 0 aliphatic carbocycles. The molecule has 0 saturated carbocycles. The first-order chi connectivity index (χ1) is 5.68. The summed E-state index contributed by atoms with van der Waals surface area (Å²) in [4.78, 5) is 0. The van der Waals surface area contributed by atoms with E-state index in [-0.39, 0.29) is 0 Å². The standard InChI is InChI=1S/C10H10IN/c1-7-5-8-3-4-12(2)10(8)6-9(7)11/h3-6H,1-2H3. The van der Waals surface area contributed by atoms with Gasteiger partial charge in [-0.3, -0.25) is 0 Å². The van der Waals surface area contributed by atoms with Gasteiger partial charge in [0.15, 0.2) is 0 Å². The molecule has 0 atom stereocenters. The SMILES string of the molecule is Cc1cc2ccn(C)c2cc1I. The first kappa shape index (κ1) is 8.10. The Bertz CT molecular complexity index is 429. The minimum Gasteiger partial charge on any atom is -0.351 e. The summed E-state index contributed by atoms with van der Waals surface area (Å²) in [5, 5.41) is 1.33. The summed E-state index contributed by atoms with van der Waals surface area (Å²) < 4.78 is 3.48. The molecule has 0 unspecified atom stereocenters. The molecule has 0 amide bonds. The zero-order valence-corrected chi connectivity index (χ0v) is 9.29. The van der Waals surface area contributed by atoms with Crippen LogP contribution in [0.2, 0.25) is 0 Å². The average molecular weight is 271 g/mol. The molecular formula is C10H10IN. The predicted molar refractivity (Wildman–Crippen MR) is 60.4 cm³/mol. The van der Waals surface area contributed by atoms with Crippen LogP contribution in [0.1, 0.15) is 5.56 Å². The molecule has 1 aromatic carbocycles. The van der Waals surface area contributed by atoms with Gasteiger partial charge in [0, 0.05) is 22.3 Å². The largest absolute Gasteiger partial charge is 0.351 e. The van der Waals surface area contributed by atoms with Gasteiger partial charge < -0.3 is 4.57 Å². The maximum Gasteiger partial charge on any atom is 0.0488 e. The van der Waals surface area contributed by atoms with Crippen molar-refractivity contribution in [2.45, 2.75) is 6.92 Å². The smallest absolute Gasteiger partial charge is 0.0488 e. The van der Waals surface area contributed by atoms with Crippen molar-refractivity contribution in [1.82, 2.24) is 4.57 Å². The molecule has 2 aromatic rings. The van der Waals surface area contributed by atoms with E-state index in [1.165, 1.54) is 20.0 Å². The van der Waals surface area contributed by atoms with Gasteiger partial charge in [-0.25, -0.2) is 0 Å². The highest BCUT2D eigenvalue weighted by molar-refractivity contribution is 14.1. The van der Waals surface area contributed by atoms with Gasteiger partial charge in [0.2, 0.25) is 0 Å². The molecule has 12 heavy (non-hydrogen) atoms. The molecular weight excluding hydrogens is 261 g/mol. The molecule has 0 radical (unpaired) electrons. The van der Waals surface area contributed by atoms with Gasteiger partial charge >= 0.3 is 0 Å². The average Bonchev–Trinajstić information content (AvgIpc) is 2.35. The van der Waals surface area contributed by atoms with Gasteiger partial charge in [0.05, 0.1) is 0 Å². The summed E-state index contributed by atoms with van der Waals surface area (Å²) in [5.41, 5.74) is 2.67. The van der Waals surface area contributed by atoms with Gasteiger partial charge in [-0.15, -0.1) is 0 Å². The predicted octanol–water partition coefficient (Wildman–Crippen LogP) is 3.09. The topological polar surface area (TPSA) is 4.93 Å². The van der Waals surface area contributed by atoms with Crippen LogP contribution in [0.4, 0.5) is 0 Å². The maximum absolute atomic E-state index is 2.37. The second kappa shape index (κ2) is 2.76. The summed E-state index contributed by atoms with van der Waals surface area (Å²) in [6.07, 6.45) is 2.10. The molecule has 2 rings (SSSR count). The highest BCUT2D eigenvalue weighted by atomic mass is 127. The fourth-order valence-corrected chi connectivity index (χ4v) is 1.86. The van der Waals surface area contributed by atoms with E-state index in [9.17, 15) is 0 Å². The number of hydrogen-bond acceptors (Lipinski definition) is 0. The van der Waals surface area contributed by atoms with Gasteiger partial charge in [-0.2, -0.15) is 0 Å². The van der Waals surface area contributed by atoms with Gasteiger partial charge in [0.1, 0.15) is 0 Å². The molecule has 62 valence electrons. The molecule has 0 aliphatic rings. The summed E-state index contributed by atoms with van der Waals surface area (Å²) >= 11 is 2.37. The lowest BCUT2D eigenvalue weighted by Crippen LogP contribution is -1.86. The number of rotatable bonds is 0. The van der Waals surface area contributed by atoms with Crippen LogP contribution in [0.3, 0.4) is 0 Å². The lowest BCUT2D eigenvalue weighted by atomic mass is 10.2. The fraction of sp³-hybridized carbons (Fsp3) is 0.200. The van der Waals surface area contributed by atoms with E-state index in [1.54, 1.807) is 0 Å². The summed E-state index contributed by atoms with van der Waals surface area (Å²) in [5.74, 6) is 0. The molecule has 0 N–H and O–H groups in total. The minimum absolute atomic E-state index is 1.31. The first-order valence-electron chi connectivity index (χ1n) is 3.89. The molecule has 2 heteroatoms. The number of aromatic nitrogens is 1. The van der Waals surface area contributed by atoms with E-state index in [0.717, 1.165) is 0 Å². The van der Waals surface area contributed by atoms with Crippen LogP contribution in [-0.4, -0.2) is 4.57 Å². The van der Waals surface area contributed by atoms with Crippen LogP contribution in [0, 0.1) is 10.5 Å². The van der Waals surface area contributed by atoms with Crippen molar-refractivity contribution in [1.29, 1.82) is 0 Å². The van der Waals surface area contributed by atoms with Crippen LogP contribution in [0.25, 0.3) is 10.9 Å². The zero-order valence-electron chi connectivity index (χ0n) is 7.13. The fourth-order valence-electron chi connectivity index (χ4n) is 1.40. The highest BCUT2D eigenvalue weighted by Crippen LogP contribution is 2.21. The van der Waals surface area contributed by atoms with Crippen LogP contribution in [0.15, 0.2) is 24.4 Å². The number of fused-ring (bicyclic) bond motifs is 1. The third-order valence-corrected chi connectivity index (χ3v) is 3.33. The Labute approximate surface area is 85.5 Å². The lowest BCUT2D eigenvalue weighted by molar-refractivity contribution is 0.968. The third-order valence-electron chi connectivity index (χ3n) is 2.17. The Hall–Kier alpha value is -0.510. The van der Waals surface area contributed by atoms with Crippen molar-refractivity contribution in [3.63, 3.8) is 0 Å².